The van der Waals surface area contributed by atoms with Crippen LogP contribution in [-0.4, -0.2) is 37.9 Å². The number of benzene rings is 2. The summed E-state index contributed by atoms with van der Waals surface area (Å²) in [6.07, 6.45) is 1.15. The van der Waals surface area contributed by atoms with Crippen LogP contribution in [0.5, 0.6) is 0 Å². The summed E-state index contributed by atoms with van der Waals surface area (Å²) in [5, 5.41) is 5.24. The number of rotatable bonds is 3. The average molecular weight is 398 g/mol. The number of esters is 1. The van der Waals surface area contributed by atoms with Crippen LogP contribution in [0.3, 0.4) is 0 Å². The van der Waals surface area contributed by atoms with E-state index >= 15 is 0 Å². The highest BCUT2D eigenvalue weighted by molar-refractivity contribution is 7.90. The van der Waals surface area contributed by atoms with Crippen molar-refractivity contribution in [2.75, 3.05) is 13.4 Å². The summed E-state index contributed by atoms with van der Waals surface area (Å²) in [5.74, 6) is 0.132. The lowest BCUT2D eigenvalue weighted by atomic mass is 9.98. The van der Waals surface area contributed by atoms with Gasteiger partial charge in [0.05, 0.1) is 23.3 Å². The zero-order chi connectivity index (χ0) is 20.2. The van der Waals surface area contributed by atoms with Crippen molar-refractivity contribution >= 4 is 37.6 Å². The summed E-state index contributed by atoms with van der Waals surface area (Å²) < 4.78 is 34.2. The Kier molecular flexibility index (Phi) is 4.04. The third kappa shape index (κ3) is 2.77. The maximum absolute atomic E-state index is 12.5. The second-order valence-corrected chi connectivity index (χ2v) is 8.76. The average Bonchev–Trinajstić information content (AvgIpc) is 3.18. The first-order valence-electron chi connectivity index (χ1n) is 8.52. The fourth-order valence-electron chi connectivity index (χ4n) is 3.56. The third-order valence-corrected chi connectivity index (χ3v) is 5.93. The lowest BCUT2D eigenvalue weighted by Crippen LogP contribution is -2.02. The van der Waals surface area contributed by atoms with E-state index in [2.05, 4.69) is 10.1 Å². The number of methoxy groups -OCH3 is 1. The molecule has 0 fully saturated rings. The van der Waals surface area contributed by atoms with Crippen molar-refractivity contribution < 1.29 is 22.5 Å². The molecule has 1 N–H and O–H groups in total. The van der Waals surface area contributed by atoms with Crippen molar-refractivity contribution in [3.8, 4) is 11.1 Å². The molecule has 144 valence electrons. The van der Waals surface area contributed by atoms with E-state index in [-0.39, 0.29) is 4.90 Å². The van der Waals surface area contributed by atoms with Gasteiger partial charge in [-0.1, -0.05) is 5.16 Å². The Hall–Kier alpha value is -3.13. The van der Waals surface area contributed by atoms with Gasteiger partial charge in [-0.25, -0.2) is 13.2 Å². The van der Waals surface area contributed by atoms with Crippen LogP contribution in [0.25, 0.3) is 32.9 Å². The van der Waals surface area contributed by atoms with Gasteiger partial charge >= 0.3 is 5.97 Å². The summed E-state index contributed by atoms with van der Waals surface area (Å²) >= 11 is 0. The van der Waals surface area contributed by atoms with E-state index in [1.807, 2.05) is 13.0 Å². The van der Waals surface area contributed by atoms with Gasteiger partial charge in [-0.15, -0.1) is 0 Å². The van der Waals surface area contributed by atoms with Crippen molar-refractivity contribution in [2.24, 2.45) is 0 Å². The number of sulfone groups is 1. The maximum Gasteiger partial charge on any atom is 0.338 e. The zero-order valence-corrected chi connectivity index (χ0v) is 16.6. The number of fused-ring (bicyclic) bond motifs is 3. The lowest BCUT2D eigenvalue weighted by Gasteiger charge is -2.07. The summed E-state index contributed by atoms with van der Waals surface area (Å²) in [6.45, 7) is 3.64. The number of aromatic amines is 1. The van der Waals surface area contributed by atoms with Gasteiger partial charge in [-0.05, 0) is 49.7 Å². The van der Waals surface area contributed by atoms with Gasteiger partial charge < -0.3 is 14.2 Å². The molecule has 0 saturated carbocycles. The molecule has 0 spiro atoms. The number of hydrogen-bond donors (Lipinski definition) is 1. The number of aryl methyl sites for hydroxylation is 2. The zero-order valence-electron chi connectivity index (χ0n) is 15.8. The number of hydrogen-bond acceptors (Lipinski definition) is 6. The van der Waals surface area contributed by atoms with Gasteiger partial charge in [0.1, 0.15) is 5.76 Å². The number of carbonyl (C=O) groups excluding carboxylic acids is 1. The highest BCUT2D eigenvalue weighted by Crippen LogP contribution is 2.36. The standard InChI is InChI=1S/C20H18N2O5S/c1-10-18(11(2)27-22-10)12-7-15(20(23)26-3)19-14-9-13(28(4,24)25)5-6-16(14)21-17(19)8-12/h5-9,21H,1-4H3. The highest BCUT2D eigenvalue weighted by atomic mass is 32.2. The topological polar surface area (TPSA) is 102 Å². The molecule has 0 atom stereocenters. The molecule has 28 heavy (non-hydrogen) atoms. The Balaban J connectivity index is 2.12. The van der Waals surface area contributed by atoms with Crippen LogP contribution >= 0.6 is 0 Å². The second kappa shape index (κ2) is 6.20. The Bertz CT molecular complexity index is 1340. The molecule has 0 amide bonds. The van der Waals surface area contributed by atoms with E-state index in [1.54, 1.807) is 31.2 Å². The molecule has 0 radical (unpaired) electrons. The van der Waals surface area contributed by atoms with Crippen LogP contribution in [0.15, 0.2) is 39.8 Å². The smallest absolute Gasteiger partial charge is 0.338 e. The SMILES string of the molecule is COC(=O)c1cc(-c2c(C)noc2C)cc2[nH]c3ccc(S(C)(=O)=O)cc3c12. The van der Waals surface area contributed by atoms with Crippen molar-refractivity contribution in [3.05, 3.63) is 47.3 Å². The fourth-order valence-corrected chi connectivity index (χ4v) is 4.20. The van der Waals surface area contributed by atoms with Gasteiger partial charge in [-0.3, -0.25) is 0 Å². The van der Waals surface area contributed by atoms with Crippen molar-refractivity contribution in [3.63, 3.8) is 0 Å². The normalized spacial score (nSPS) is 12.0. The van der Waals surface area contributed by atoms with Crippen LogP contribution < -0.4 is 0 Å². The van der Waals surface area contributed by atoms with E-state index in [0.717, 1.165) is 22.9 Å². The van der Waals surface area contributed by atoms with E-state index in [0.29, 0.717) is 33.3 Å². The van der Waals surface area contributed by atoms with E-state index in [4.69, 9.17) is 9.26 Å². The Morgan fingerprint density at radius 1 is 1.14 bits per heavy atom. The molecule has 4 aromatic rings. The van der Waals surface area contributed by atoms with Crippen LogP contribution in [0.4, 0.5) is 0 Å². The molecule has 0 unspecified atom stereocenters. The Labute approximate surface area is 161 Å². The Morgan fingerprint density at radius 3 is 2.50 bits per heavy atom. The minimum atomic E-state index is -3.39. The third-order valence-electron chi connectivity index (χ3n) is 4.82. The molecule has 0 saturated heterocycles. The first kappa shape index (κ1) is 18.2. The predicted molar refractivity (Wildman–Crippen MR) is 105 cm³/mol. The van der Waals surface area contributed by atoms with Gasteiger partial charge in [0, 0.05) is 33.6 Å². The molecule has 7 nitrogen and oxygen atoms in total. The number of carbonyl (C=O) groups is 1. The van der Waals surface area contributed by atoms with Crippen molar-refractivity contribution in [1.29, 1.82) is 0 Å². The summed E-state index contributed by atoms with van der Waals surface area (Å²) in [4.78, 5) is 16.0. The summed E-state index contributed by atoms with van der Waals surface area (Å²) in [7, 11) is -2.07. The van der Waals surface area contributed by atoms with E-state index in [9.17, 15) is 13.2 Å². The van der Waals surface area contributed by atoms with Crippen molar-refractivity contribution in [2.45, 2.75) is 18.7 Å². The van der Waals surface area contributed by atoms with Gasteiger partial charge in [0.2, 0.25) is 0 Å². The number of ether oxygens (including phenoxy) is 1. The molecule has 0 bridgehead atoms. The number of nitrogens with one attached hydrogen (secondary N) is 1. The summed E-state index contributed by atoms with van der Waals surface area (Å²) in [5.41, 5.74) is 4.04. The quantitative estimate of drug-likeness (QED) is 0.527. The molecule has 4 rings (SSSR count). The molecule has 0 aliphatic heterocycles. The summed E-state index contributed by atoms with van der Waals surface area (Å²) in [6, 6.07) is 8.43. The van der Waals surface area contributed by atoms with E-state index in [1.165, 1.54) is 7.11 Å². The van der Waals surface area contributed by atoms with Crippen molar-refractivity contribution in [1.82, 2.24) is 10.1 Å². The fraction of sp³-hybridized carbons (Fsp3) is 0.200. The number of H-pyrrole nitrogens is 1. The first-order valence-corrected chi connectivity index (χ1v) is 10.4. The molecular formula is C20H18N2O5S. The van der Waals surface area contributed by atoms with Gasteiger partial charge in [-0.2, -0.15) is 0 Å². The molecule has 2 aromatic heterocycles. The first-order chi connectivity index (χ1) is 13.2. The van der Waals surface area contributed by atoms with Crippen LogP contribution in [0, 0.1) is 13.8 Å². The predicted octanol–water partition coefficient (Wildman–Crippen LogP) is 3.78. The molecular weight excluding hydrogens is 380 g/mol. The van der Waals surface area contributed by atoms with Crippen LogP contribution in [0.2, 0.25) is 0 Å². The molecule has 2 aromatic carbocycles. The molecule has 2 heterocycles. The monoisotopic (exact) mass is 398 g/mol. The molecule has 0 aliphatic carbocycles. The number of aromatic nitrogens is 2. The highest BCUT2D eigenvalue weighted by Gasteiger charge is 2.21. The minimum Gasteiger partial charge on any atom is -0.465 e. The van der Waals surface area contributed by atoms with Crippen LogP contribution in [-0.2, 0) is 14.6 Å². The Morgan fingerprint density at radius 2 is 1.89 bits per heavy atom. The number of nitrogens with zero attached hydrogens (tertiary/aromatic N) is 1. The minimum absolute atomic E-state index is 0.187. The molecule has 8 heteroatoms. The largest absolute Gasteiger partial charge is 0.465 e. The maximum atomic E-state index is 12.5. The second-order valence-electron chi connectivity index (χ2n) is 6.74. The lowest BCUT2D eigenvalue weighted by molar-refractivity contribution is 0.0603. The van der Waals surface area contributed by atoms with Crippen LogP contribution in [0.1, 0.15) is 21.8 Å². The van der Waals surface area contributed by atoms with Gasteiger partial charge in [0.15, 0.2) is 9.84 Å². The van der Waals surface area contributed by atoms with Gasteiger partial charge in [0.25, 0.3) is 0 Å². The molecule has 0 aliphatic rings. The van der Waals surface area contributed by atoms with E-state index < -0.39 is 15.8 Å².